The fourth-order valence-electron chi connectivity index (χ4n) is 3.31. The minimum Gasteiger partial charge on any atom is -0.392 e. The predicted molar refractivity (Wildman–Crippen MR) is 95.8 cm³/mol. The lowest BCUT2D eigenvalue weighted by molar-refractivity contribution is 0.282. The Bertz CT molecular complexity index is 988. The van der Waals surface area contributed by atoms with Crippen LogP contribution in [0.3, 0.4) is 0 Å². The highest BCUT2D eigenvalue weighted by molar-refractivity contribution is 5.58. The standard InChI is InChI=1S/C20H17FN4O/c21-18-9-15(10-22)3-6-19(18)24-7-8-25-17(12-24)11-23-20(25)16-4-1-14(13-26)2-5-16/h1-6,9,11,26H,7-8,12-13H2. The lowest BCUT2D eigenvalue weighted by Gasteiger charge is -2.31. The summed E-state index contributed by atoms with van der Waals surface area (Å²) in [6, 6.07) is 14.2. The molecule has 0 saturated carbocycles. The summed E-state index contributed by atoms with van der Waals surface area (Å²) in [5.74, 6) is 0.501. The van der Waals surface area contributed by atoms with E-state index in [1.54, 1.807) is 12.1 Å². The Balaban J connectivity index is 1.61. The van der Waals surface area contributed by atoms with Crippen LogP contribution < -0.4 is 4.90 Å². The van der Waals surface area contributed by atoms with Crippen LogP contribution >= 0.6 is 0 Å². The minimum atomic E-state index is -0.378. The van der Waals surface area contributed by atoms with Crippen LogP contribution in [0.1, 0.15) is 16.8 Å². The zero-order valence-electron chi connectivity index (χ0n) is 14.1. The van der Waals surface area contributed by atoms with Gasteiger partial charge in [0.2, 0.25) is 0 Å². The van der Waals surface area contributed by atoms with Gasteiger partial charge in [0, 0.05) is 18.7 Å². The maximum absolute atomic E-state index is 14.3. The number of rotatable bonds is 3. The minimum absolute atomic E-state index is 0.0189. The molecule has 2 aromatic carbocycles. The van der Waals surface area contributed by atoms with Crippen molar-refractivity contribution in [3.8, 4) is 17.5 Å². The highest BCUT2D eigenvalue weighted by atomic mass is 19.1. The molecule has 3 aromatic rings. The van der Waals surface area contributed by atoms with Gasteiger partial charge in [0.05, 0.1) is 42.4 Å². The fraction of sp³-hybridized carbons (Fsp3) is 0.200. The molecule has 0 bridgehead atoms. The summed E-state index contributed by atoms with van der Waals surface area (Å²) in [4.78, 5) is 6.50. The van der Waals surface area contributed by atoms with E-state index >= 15 is 0 Å². The second-order valence-electron chi connectivity index (χ2n) is 6.28. The second-order valence-corrected chi connectivity index (χ2v) is 6.28. The van der Waals surface area contributed by atoms with Gasteiger partial charge in [-0.15, -0.1) is 0 Å². The summed E-state index contributed by atoms with van der Waals surface area (Å²) >= 11 is 0. The molecule has 0 saturated heterocycles. The van der Waals surface area contributed by atoms with Crippen LogP contribution in [0.5, 0.6) is 0 Å². The van der Waals surface area contributed by atoms with Gasteiger partial charge in [-0.05, 0) is 23.8 Å². The largest absolute Gasteiger partial charge is 0.392 e. The van der Waals surface area contributed by atoms with Crippen molar-refractivity contribution >= 4 is 5.69 Å². The summed E-state index contributed by atoms with van der Waals surface area (Å²) in [6.07, 6.45) is 1.82. The third kappa shape index (κ3) is 2.83. The monoisotopic (exact) mass is 348 g/mol. The maximum Gasteiger partial charge on any atom is 0.147 e. The summed E-state index contributed by atoms with van der Waals surface area (Å²) in [5.41, 5.74) is 3.70. The predicted octanol–water partition coefficient (Wildman–Crippen LogP) is 3.07. The molecule has 6 heteroatoms. The quantitative estimate of drug-likeness (QED) is 0.790. The van der Waals surface area contributed by atoms with Crippen LogP contribution in [0.4, 0.5) is 10.1 Å². The van der Waals surface area contributed by atoms with Gasteiger partial charge in [-0.25, -0.2) is 9.37 Å². The van der Waals surface area contributed by atoms with Crippen molar-refractivity contribution < 1.29 is 9.50 Å². The summed E-state index contributed by atoms with van der Waals surface area (Å²) < 4.78 is 16.4. The van der Waals surface area contributed by atoms with Gasteiger partial charge in [-0.2, -0.15) is 5.26 Å². The highest BCUT2D eigenvalue weighted by Crippen LogP contribution is 2.28. The van der Waals surface area contributed by atoms with Crippen LogP contribution in [0.25, 0.3) is 11.4 Å². The van der Waals surface area contributed by atoms with E-state index in [0.717, 1.165) is 22.6 Å². The third-order valence-electron chi connectivity index (χ3n) is 4.70. The molecule has 2 heterocycles. The molecule has 1 aliphatic rings. The van der Waals surface area contributed by atoms with Gasteiger partial charge in [-0.3, -0.25) is 0 Å². The van der Waals surface area contributed by atoms with Gasteiger partial charge in [0.25, 0.3) is 0 Å². The molecule has 5 nitrogen and oxygen atoms in total. The molecule has 0 atom stereocenters. The van der Waals surface area contributed by atoms with Crippen LogP contribution in [0.2, 0.25) is 0 Å². The molecule has 0 spiro atoms. The van der Waals surface area contributed by atoms with Crippen molar-refractivity contribution in [1.82, 2.24) is 9.55 Å². The lowest BCUT2D eigenvalue weighted by atomic mass is 10.1. The number of fused-ring (bicyclic) bond motifs is 1. The van der Waals surface area contributed by atoms with Gasteiger partial charge < -0.3 is 14.6 Å². The smallest absolute Gasteiger partial charge is 0.147 e. The Morgan fingerprint density at radius 2 is 1.96 bits per heavy atom. The van der Waals surface area contributed by atoms with Gasteiger partial charge in [0.1, 0.15) is 11.6 Å². The molecule has 130 valence electrons. The van der Waals surface area contributed by atoms with Crippen LogP contribution in [0, 0.1) is 17.1 Å². The van der Waals surface area contributed by atoms with Crippen molar-refractivity contribution in [1.29, 1.82) is 5.26 Å². The number of aliphatic hydroxyl groups is 1. The molecule has 1 N–H and O–H groups in total. The highest BCUT2D eigenvalue weighted by Gasteiger charge is 2.22. The first-order chi connectivity index (χ1) is 12.7. The Kier molecular flexibility index (Phi) is 4.15. The van der Waals surface area contributed by atoms with E-state index in [4.69, 9.17) is 10.4 Å². The molecule has 1 aromatic heterocycles. The Morgan fingerprint density at radius 1 is 1.15 bits per heavy atom. The Hall–Kier alpha value is -3.17. The van der Waals surface area contributed by atoms with E-state index in [-0.39, 0.29) is 12.4 Å². The summed E-state index contributed by atoms with van der Waals surface area (Å²) in [5, 5.41) is 18.1. The molecule has 0 unspecified atom stereocenters. The zero-order chi connectivity index (χ0) is 18.1. The molecular formula is C20H17FN4O. The first-order valence-corrected chi connectivity index (χ1v) is 8.39. The number of benzene rings is 2. The van der Waals surface area contributed by atoms with Gasteiger partial charge in [0.15, 0.2) is 0 Å². The number of hydrogen-bond donors (Lipinski definition) is 1. The topological polar surface area (TPSA) is 65.1 Å². The van der Waals surface area contributed by atoms with Crippen molar-refractivity contribution in [3.05, 3.63) is 71.3 Å². The number of nitrogens with zero attached hydrogens (tertiary/aromatic N) is 4. The molecule has 26 heavy (non-hydrogen) atoms. The average Bonchev–Trinajstić information content (AvgIpc) is 3.11. The Labute approximate surface area is 150 Å². The number of hydrogen-bond acceptors (Lipinski definition) is 4. The molecular weight excluding hydrogens is 331 g/mol. The van der Waals surface area contributed by atoms with Crippen LogP contribution in [0.15, 0.2) is 48.7 Å². The van der Waals surface area contributed by atoms with Gasteiger partial charge >= 0.3 is 0 Å². The Morgan fingerprint density at radius 3 is 2.65 bits per heavy atom. The van der Waals surface area contributed by atoms with E-state index in [0.29, 0.717) is 30.9 Å². The maximum atomic E-state index is 14.3. The molecule has 1 aliphatic heterocycles. The van der Waals surface area contributed by atoms with E-state index in [1.165, 1.54) is 6.07 Å². The number of aromatic nitrogens is 2. The number of nitriles is 1. The number of aliphatic hydroxyl groups excluding tert-OH is 1. The summed E-state index contributed by atoms with van der Waals surface area (Å²) in [7, 11) is 0. The van der Waals surface area contributed by atoms with Crippen molar-refractivity contribution in [2.75, 3.05) is 11.4 Å². The van der Waals surface area contributed by atoms with Crippen LogP contribution in [-0.2, 0) is 19.7 Å². The van der Waals surface area contributed by atoms with E-state index in [2.05, 4.69) is 9.55 Å². The molecule has 0 fully saturated rings. The normalized spacial score (nSPS) is 13.3. The van der Waals surface area contributed by atoms with Crippen LogP contribution in [-0.4, -0.2) is 21.2 Å². The number of anilines is 1. The van der Waals surface area contributed by atoms with E-state index < -0.39 is 0 Å². The van der Waals surface area contributed by atoms with Crippen molar-refractivity contribution in [3.63, 3.8) is 0 Å². The van der Waals surface area contributed by atoms with Gasteiger partial charge in [-0.1, -0.05) is 24.3 Å². The molecule has 4 rings (SSSR count). The van der Waals surface area contributed by atoms with Crippen molar-refractivity contribution in [2.24, 2.45) is 0 Å². The third-order valence-corrected chi connectivity index (χ3v) is 4.70. The average molecular weight is 348 g/mol. The summed E-state index contributed by atoms with van der Waals surface area (Å²) in [6.45, 7) is 1.94. The molecule has 0 amide bonds. The zero-order valence-corrected chi connectivity index (χ0v) is 14.1. The molecule has 0 aliphatic carbocycles. The van der Waals surface area contributed by atoms with Crippen molar-refractivity contribution in [2.45, 2.75) is 19.7 Å². The lowest BCUT2D eigenvalue weighted by Crippen LogP contribution is -2.34. The number of imidazole rings is 1. The fourth-order valence-corrected chi connectivity index (χ4v) is 3.31. The SMILES string of the molecule is N#Cc1ccc(N2CCn3c(cnc3-c3ccc(CO)cc3)C2)c(F)c1. The first-order valence-electron chi connectivity index (χ1n) is 8.39. The van der Waals surface area contributed by atoms with E-state index in [9.17, 15) is 4.39 Å². The van der Waals surface area contributed by atoms with E-state index in [1.807, 2.05) is 41.4 Å². The number of halogens is 1. The first kappa shape index (κ1) is 16.3. The second kappa shape index (κ2) is 6.62. The molecule has 0 radical (unpaired) electrons.